The Labute approximate surface area is 193 Å². The van der Waals surface area contributed by atoms with Crippen LogP contribution in [0.3, 0.4) is 0 Å². The number of thiazole rings is 1. The van der Waals surface area contributed by atoms with Crippen molar-refractivity contribution in [1.82, 2.24) is 15.2 Å². The van der Waals surface area contributed by atoms with Crippen LogP contribution in [0.25, 0.3) is 0 Å². The molecule has 1 fully saturated rings. The zero-order valence-corrected chi connectivity index (χ0v) is 18.8. The van der Waals surface area contributed by atoms with Gasteiger partial charge in [-0.1, -0.05) is 12.1 Å². The van der Waals surface area contributed by atoms with Crippen molar-refractivity contribution >= 4 is 69.6 Å². The van der Waals surface area contributed by atoms with E-state index in [2.05, 4.69) is 20.3 Å². The number of nitrogen functional groups attached to an aromatic ring is 1. The molecule has 1 unspecified atom stereocenters. The van der Waals surface area contributed by atoms with Crippen molar-refractivity contribution in [3.8, 4) is 0 Å². The third-order valence-corrected chi connectivity index (χ3v) is 7.09. The molecule has 0 aliphatic carbocycles. The minimum absolute atomic E-state index is 0.0479. The molecule has 1 aromatic rings. The van der Waals surface area contributed by atoms with Crippen LogP contribution in [-0.4, -0.2) is 79.3 Å². The number of rotatable bonds is 9. The van der Waals surface area contributed by atoms with Gasteiger partial charge in [-0.15, -0.1) is 34.9 Å². The highest BCUT2D eigenvalue weighted by Gasteiger charge is 2.54. The monoisotopic (exact) mass is 503 g/mol. The number of ether oxygens (including phenoxy) is 1. The van der Waals surface area contributed by atoms with Crippen molar-refractivity contribution in [2.75, 3.05) is 23.8 Å². The highest BCUT2D eigenvalue weighted by Crippen LogP contribution is 2.43. The first-order valence-electron chi connectivity index (χ1n) is 8.88. The van der Waals surface area contributed by atoms with E-state index in [9.17, 15) is 19.2 Å². The van der Waals surface area contributed by atoms with E-state index in [0.29, 0.717) is 16.4 Å². The lowest BCUT2D eigenvalue weighted by molar-refractivity contribution is -0.148. The van der Waals surface area contributed by atoms with Crippen LogP contribution in [0.4, 0.5) is 9.93 Å². The summed E-state index contributed by atoms with van der Waals surface area (Å²) >= 11 is 3.73. The number of amides is 2. The van der Waals surface area contributed by atoms with E-state index in [1.807, 2.05) is 6.92 Å². The number of nitrogens with zero attached hydrogens (tertiary/aromatic N) is 3. The molecule has 2 aliphatic heterocycles. The van der Waals surface area contributed by atoms with Gasteiger partial charge in [-0.3, -0.25) is 14.5 Å². The molecule has 5 N–H and O–H groups in total. The largest absolute Gasteiger partial charge is 0.512 e. The SMILES string of the molecule is CCSC1=C(OC(=O)O)N2C(=O)C(NC(=O)C(=NOCC(=O)O)c3csc(N)n3)[C@@H]2SC1. The molecule has 0 spiro atoms. The number of nitrogens with one attached hydrogen (secondary N) is 1. The number of carbonyl (C=O) groups excluding carboxylic acids is 2. The van der Waals surface area contributed by atoms with Crippen LogP contribution < -0.4 is 11.1 Å². The van der Waals surface area contributed by atoms with Crippen LogP contribution in [-0.2, 0) is 24.0 Å². The Kier molecular flexibility index (Phi) is 7.47. The van der Waals surface area contributed by atoms with Crippen LogP contribution in [0.15, 0.2) is 21.3 Å². The van der Waals surface area contributed by atoms with Gasteiger partial charge in [-0.05, 0) is 5.75 Å². The minimum Gasteiger partial charge on any atom is -0.479 e. The van der Waals surface area contributed by atoms with E-state index in [0.717, 1.165) is 11.3 Å². The summed E-state index contributed by atoms with van der Waals surface area (Å²) in [6.45, 7) is 1.09. The summed E-state index contributed by atoms with van der Waals surface area (Å²) in [5, 5.41) is 24.8. The van der Waals surface area contributed by atoms with Gasteiger partial charge in [0.25, 0.3) is 11.8 Å². The average molecular weight is 504 g/mol. The maximum Gasteiger partial charge on any atom is 0.512 e. The fourth-order valence-corrected chi connectivity index (χ4v) is 5.64. The van der Waals surface area contributed by atoms with Gasteiger partial charge in [-0.25, -0.2) is 14.6 Å². The van der Waals surface area contributed by atoms with E-state index in [4.69, 9.17) is 20.7 Å². The number of nitrogens with two attached hydrogens (primary N) is 1. The van der Waals surface area contributed by atoms with E-state index in [-0.39, 0.29) is 22.4 Å². The number of anilines is 1. The molecule has 0 saturated carbocycles. The lowest BCUT2D eigenvalue weighted by atomic mass is 10.1. The van der Waals surface area contributed by atoms with E-state index in [1.165, 1.54) is 33.8 Å². The number of oxime groups is 1. The number of thioether (sulfide) groups is 2. The lowest BCUT2D eigenvalue weighted by Gasteiger charge is -2.48. The Balaban J connectivity index is 1.78. The normalized spacial score (nSPS) is 20.3. The molecule has 3 heterocycles. The van der Waals surface area contributed by atoms with Gasteiger partial charge in [0.05, 0.1) is 4.91 Å². The smallest absolute Gasteiger partial charge is 0.479 e. The summed E-state index contributed by atoms with van der Waals surface area (Å²) < 4.78 is 4.84. The van der Waals surface area contributed by atoms with Crippen molar-refractivity contribution in [3.63, 3.8) is 0 Å². The number of fused-ring (bicyclic) bond motifs is 1. The predicted molar refractivity (Wildman–Crippen MR) is 116 cm³/mol. The Morgan fingerprint density at radius 2 is 2.19 bits per heavy atom. The zero-order chi connectivity index (χ0) is 23.4. The molecule has 0 radical (unpaired) electrons. The third kappa shape index (κ3) is 5.08. The van der Waals surface area contributed by atoms with Crippen molar-refractivity contribution in [3.05, 3.63) is 21.9 Å². The summed E-state index contributed by atoms with van der Waals surface area (Å²) in [6.07, 6.45) is -1.55. The Bertz CT molecular complexity index is 1010. The summed E-state index contributed by atoms with van der Waals surface area (Å²) in [5.41, 5.74) is 5.28. The van der Waals surface area contributed by atoms with Crippen molar-refractivity contribution in [2.24, 2.45) is 5.16 Å². The van der Waals surface area contributed by atoms with Gasteiger partial charge in [-0.2, -0.15) is 0 Å². The lowest BCUT2D eigenvalue weighted by Crippen LogP contribution is -2.70. The number of carboxylic acid groups (broad SMARTS) is 2. The number of aromatic nitrogens is 1. The highest BCUT2D eigenvalue weighted by molar-refractivity contribution is 8.06. The van der Waals surface area contributed by atoms with Crippen LogP contribution in [0, 0.1) is 0 Å². The third-order valence-electron chi connectivity index (χ3n) is 4.00. The fourth-order valence-electron chi connectivity index (χ4n) is 2.77. The van der Waals surface area contributed by atoms with Crippen LogP contribution in [0.1, 0.15) is 12.6 Å². The number of carboxylic acids is 1. The fraction of sp³-hybridized carbons (Fsp3) is 0.375. The van der Waals surface area contributed by atoms with Gasteiger partial charge < -0.3 is 30.8 Å². The van der Waals surface area contributed by atoms with Crippen molar-refractivity contribution < 1.29 is 39.0 Å². The quantitative estimate of drug-likeness (QED) is 0.158. The summed E-state index contributed by atoms with van der Waals surface area (Å²) in [7, 11) is 0. The molecule has 2 aliphatic rings. The van der Waals surface area contributed by atoms with Gasteiger partial charge in [0.1, 0.15) is 17.1 Å². The van der Waals surface area contributed by atoms with E-state index < -0.39 is 42.0 Å². The molecule has 2 amide bonds. The number of aliphatic carboxylic acids is 1. The summed E-state index contributed by atoms with van der Waals surface area (Å²) in [6, 6.07) is -0.992. The van der Waals surface area contributed by atoms with Crippen LogP contribution >= 0.6 is 34.9 Å². The highest BCUT2D eigenvalue weighted by atomic mass is 32.2. The average Bonchev–Trinajstić information content (AvgIpc) is 3.15. The molecule has 32 heavy (non-hydrogen) atoms. The number of hydrogen-bond donors (Lipinski definition) is 4. The molecule has 13 nitrogen and oxygen atoms in total. The molecule has 0 bridgehead atoms. The molecular weight excluding hydrogens is 486 g/mol. The van der Waals surface area contributed by atoms with Crippen molar-refractivity contribution in [1.29, 1.82) is 0 Å². The molecule has 1 aromatic heterocycles. The van der Waals surface area contributed by atoms with Gasteiger partial charge in [0, 0.05) is 11.1 Å². The topological polar surface area (TPSA) is 194 Å². The molecule has 172 valence electrons. The van der Waals surface area contributed by atoms with E-state index >= 15 is 0 Å². The second-order valence-corrected chi connectivity index (χ2v) is 9.42. The van der Waals surface area contributed by atoms with Crippen LogP contribution in [0.5, 0.6) is 0 Å². The maximum atomic E-state index is 12.8. The Morgan fingerprint density at radius 1 is 1.44 bits per heavy atom. The zero-order valence-electron chi connectivity index (χ0n) is 16.3. The molecule has 1 saturated heterocycles. The molecule has 2 atom stereocenters. The first-order chi connectivity index (χ1) is 15.2. The van der Waals surface area contributed by atoms with Gasteiger partial charge >= 0.3 is 12.1 Å². The first-order valence-corrected chi connectivity index (χ1v) is 11.8. The standard InChI is InChI=1S/C16H17N5O8S3/c1-2-30-7-5-31-14-10(12(25)21(14)13(7)29-16(26)27)19-11(24)9(20-28-3-8(22)23)6-4-32-15(17)18-6/h4,10,14H,2-3,5H2,1H3,(H2,17,18)(H,19,24)(H,22,23)(H,26,27)/t10?,14-/m0/s1. The van der Waals surface area contributed by atoms with Crippen molar-refractivity contribution in [2.45, 2.75) is 18.3 Å². The molecule has 0 aromatic carbocycles. The molecular formula is C16H17N5O8S3. The van der Waals surface area contributed by atoms with Gasteiger partial charge in [0.15, 0.2) is 10.8 Å². The number of hydrogen-bond acceptors (Lipinski definition) is 12. The predicted octanol–water partition coefficient (Wildman–Crippen LogP) is 0.547. The molecule has 16 heteroatoms. The second-order valence-electron chi connectivity index (χ2n) is 6.07. The maximum absolute atomic E-state index is 12.8. The van der Waals surface area contributed by atoms with E-state index in [1.54, 1.807) is 0 Å². The first kappa shape index (κ1) is 23.7. The summed E-state index contributed by atoms with van der Waals surface area (Å²) in [5.74, 6) is -1.71. The molecule has 3 rings (SSSR count). The van der Waals surface area contributed by atoms with Crippen LogP contribution in [0.2, 0.25) is 0 Å². The Morgan fingerprint density at radius 3 is 2.78 bits per heavy atom. The number of carbonyl (C=O) groups is 4. The second kappa shape index (κ2) is 10.1. The minimum atomic E-state index is -1.55. The van der Waals surface area contributed by atoms with Gasteiger partial charge in [0.2, 0.25) is 12.5 Å². The Hall–Kier alpha value is -2.98. The number of β-lactam (4-membered cyclic amide) rings is 1. The summed E-state index contributed by atoms with van der Waals surface area (Å²) in [4.78, 5) is 57.7.